The summed E-state index contributed by atoms with van der Waals surface area (Å²) in [6.45, 7) is 2.44. The van der Waals surface area contributed by atoms with Gasteiger partial charge in [0.25, 0.3) is 0 Å². The number of thiophene rings is 1. The van der Waals surface area contributed by atoms with Crippen LogP contribution in [0.3, 0.4) is 0 Å². The van der Waals surface area contributed by atoms with E-state index in [-0.39, 0.29) is 17.9 Å². The van der Waals surface area contributed by atoms with Crippen molar-refractivity contribution in [2.24, 2.45) is 0 Å². The Balaban J connectivity index is 1.84. The van der Waals surface area contributed by atoms with Crippen LogP contribution in [-0.2, 0) is 11.2 Å². The Morgan fingerprint density at radius 3 is 3.28 bits per heavy atom. The van der Waals surface area contributed by atoms with Crippen molar-refractivity contribution in [3.63, 3.8) is 0 Å². The van der Waals surface area contributed by atoms with E-state index in [2.05, 4.69) is 16.8 Å². The third-order valence-corrected chi connectivity index (χ3v) is 4.46. The Morgan fingerprint density at radius 1 is 1.67 bits per heavy atom. The van der Waals surface area contributed by atoms with Crippen LogP contribution in [0.5, 0.6) is 0 Å². The highest BCUT2D eigenvalue weighted by molar-refractivity contribution is 7.10. The van der Waals surface area contributed by atoms with Crippen molar-refractivity contribution in [2.75, 3.05) is 6.54 Å². The van der Waals surface area contributed by atoms with Gasteiger partial charge < -0.3 is 10.4 Å². The number of aliphatic hydroxyl groups is 1. The monoisotopic (exact) mass is 267 g/mol. The second kappa shape index (κ2) is 6.34. The van der Waals surface area contributed by atoms with Gasteiger partial charge in [-0.05, 0) is 56.0 Å². The van der Waals surface area contributed by atoms with E-state index in [1.807, 2.05) is 0 Å². The van der Waals surface area contributed by atoms with Crippen molar-refractivity contribution >= 4 is 17.2 Å². The van der Waals surface area contributed by atoms with Crippen LogP contribution in [0.25, 0.3) is 0 Å². The van der Waals surface area contributed by atoms with E-state index in [1.165, 1.54) is 10.4 Å². The number of aryl methyl sites for hydroxylation is 1. The molecule has 1 aliphatic rings. The molecule has 0 aromatic carbocycles. The van der Waals surface area contributed by atoms with Gasteiger partial charge in [-0.1, -0.05) is 0 Å². The van der Waals surface area contributed by atoms with E-state index >= 15 is 0 Å². The second-order valence-corrected chi connectivity index (χ2v) is 6.03. The Morgan fingerprint density at radius 2 is 2.50 bits per heavy atom. The van der Waals surface area contributed by atoms with Crippen LogP contribution in [0.2, 0.25) is 0 Å². The second-order valence-electron chi connectivity index (χ2n) is 5.03. The van der Waals surface area contributed by atoms with Gasteiger partial charge >= 0.3 is 0 Å². The number of carbonyl (C=O) groups is 1. The van der Waals surface area contributed by atoms with Crippen molar-refractivity contribution in [3.8, 4) is 0 Å². The number of aliphatic hydroxyl groups excluding tert-OH is 1. The largest absolute Gasteiger partial charge is 0.393 e. The summed E-state index contributed by atoms with van der Waals surface area (Å²) < 4.78 is 0. The van der Waals surface area contributed by atoms with Crippen LogP contribution >= 0.6 is 11.3 Å². The van der Waals surface area contributed by atoms with Gasteiger partial charge in [0.1, 0.15) is 0 Å². The van der Waals surface area contributed by atoms with Gasteiger partial charge in [-0.25, -0.2) is 0 Å². The quantitative estimate of drug-likeness (QED) is 0.805. The lowest BCUT2D eigenvalue weighted by atomic mass is 9.87. The number of amides is 1. The van der Waals surface area contributed by atoms with E-state index in [1.54, 1.807) is 18.3 Å². The van der Waals surface area contributed by atoms with Gasteiger partial charge in [-0.3, -0.25) is 4.79 Å². The van der Waals surface area contributed by atoms with Crippen molar-refractivity contribution < 1.29 is 9.90 Å². The molecule has 4 heteroatoms. The Labute approximate surface area is 112 Å². The summed E-state index contributed by atoms with van der Waals surface area (Å²) in [5.74, 6) is 0.200. The van der Waals surface area contributed by atoms with Crippen molar-refractivity contribution in [3.05, 3.63) is 21.9 Å². The maximum absolute atomic E-state index is 12.1. The molecule has 18 heavy (non-hydrogen) atoms. The lowest BCUT2D eigenvalue weighted by Gasteiger charge is -2.21. The Bertz CT molecular complexity index is 400. The lowest BCUT2D eigenvalue weighted by Crippen LogP contribution is -2.31. The SMILES string of the molecule is CC(O)CCCNC(=O)C1CCCc2sccc21. The molecule has 0 saturated heterocycles. The van der Waals surface area contributed by atoms with Crippen molar-refractivity contribution in [1.29, 1.82) is 0 Å². The number of hydrogen-bond acceptors (Lipinski definition) is 3. The summed E-state index contributed by atoms with van der Waals surface area (Å²) >= 11 is 1.77. The molecule has 2 unspecified atom stereocenters. The molecule has 0 saturated carbocycles. The van der Waals surface area contributed by atoms with Crippen LogP contribution in [-0.4, -0.2) is 23.7 Å². The van der Waals surface area contributed by atoms with Crippen LogP contribution in [0.15, 0.2) is 11.4 Å². The first kappa shape index (κ1) is 13.6. The normalized spacial score (nSPS) is 20.2. The molecule has 100 valence electrons. The fourth-order valence-corrected chi connectivity index (χ4v) is 3.48. The molecule has 1 aromatic rings. The molecule has 2 rings (SSSR count). The predicted molar refractivity (Wildman–Crippen MR) is 73.9 cm³/mol. The molecule has 1 aromatic heterocycles. The van der Waals surface area contributed by atoms with Gasteiger partial charge in [0.05, 0.1) is 12.0 Å². The summed E-state index contributed by atoms with van der Waals surface area (Å²) in [4.78, 5) is 13.5. The van der Waals surface area contributed by atoms with Gasteiger partial charge in [0.2, 0.25) is 5.91 Å². The maximum Gasteiger partial charge on any atom is 0.227 e. The number of fused-ring (bicyclic) bond motifs is 1. The van der Waals surface area contributed by atoms with Gasteiger partial charge in [0.15, 0.2) is 0 Å². The van der Waals surface area contributed by atoms with E-state index in [0.717, 1.165) is 32.1 Å². The molecule has 2 N–H and O–H groups in total. The fourth-order valence-electron chi connectivity index (χ4n) is 2.49. The van der Waals surface area contributed by atoms with Crippen molar-refractivity contribution in [2.45, 2.75) is 51.0 Å². The summed E-state index contributed by atoms with van der Waals surface area (Å²) in [6.07, 6.45) is 4.51. The average molecular weight is 267 g/mol. The molecular weight excluding hydrogens is 246 g/mol. The van der Waals surface area contributed by atoms with Crippen LogP contribution in [0.1, 0.15) is 49.0 Å². The zero-order valence-electron chi connectivity index (χ0n) is 10.8. The maximum atomic E-state index is 12.1. The molecule has 0 radical (unpaired) electrons. The predicted octanol–water partition coefficient (Wildman–Crippen LogP) is 2.45. The number of hydrogen-bond donors (Lipinski definition) is 2. The summed E-state index contributed by atoms with van der Waals surface area (Å²) in [5, 5.41) is 14.2. The third kappa shape index (κ3) is 3.33. The van der Waals surface area contributed by atoms with Crippen LogP contribution in [0.4, 0.5) is 0 Å². The minimum absolute atomic E-state index is 0.0477. The number of rotatable bonds is 5. The molecule has 0 fully saturated rings. The molecule has 1 aliphatic carbocycles. The minimum atomic E-state index is -0.278. The fraction of sp³-hybridized carbons (Fsp3) is 0.643. The molecule has 0 bridgehead atoms. The zero-order valence-corrected chi connectivity index (χ0v) is 11.6. The highest BCUT2D eigenvalue weighted by Crippen LogP contribution is 2.34. The highest BCUT2D eigenvalue weighted by Gasteiger charge is 2.26. The standard InChI is InChI=1S/C14H21NO2S/c1-10(16)4-3-8-15-14(17)12-5-2-6-13-11(12)7-9-18-13/h7,9-10,12,16H,2-6,8H2,1H3,(H,15,17). The number of carbonyl (C=O) groups excluding carboxylic acids is 1. The topological polar surface area (TPSA) is 49.3 Å². The smallest absolute Gasteiger partial charge is 0.227 e. The molecule has 1 heterocycles. The molecule has 1 amide bonds. The van der Waals surface area contributed by atoms with Crippen LogP contribution in [0, 0.1) is 0 Å². The van der Waals surface area contributed by atoms with Crippen molar-refractivity contribution in [1.82, 2.24) is 5.32 Å². The molecule has 0 spiro atoms. The third-order valence-electron chi connectivity index (χ3n) is 3.47. The van der Waals surface area contributed by atoms with Crippen LogP contribution < -0.4 is 5.32 Å². The van der Waals surface area contributed by atoms with Gasteiger partial charge in [0, 0.05) is 11.4 Å². The van der Waals surface area contributed by atoms with E-state index in [9.17, 15) is 4.79 Å². The Hall–Kier alpha value is -0.870. The zero-order chi connectivity index (χ0) is 13.0. The number of nitrogens with one attached hydrogen (secondary N) is 1. The molecule has 0 aliphatic heterocycles. The highest BCUT2D eigenvalue weighted by atomic mass is 32.1. The minimum Gasteiger partial charge on any atom is -0.393 e. The Kier molecular flexibility index (Phi) is 4.78. The van der Waals surface area contributed by atoms with Gasteiger partial charge in [-0.2, -0.15) is 0 Å². The first-order chi connectivity index (χ1) is 8.68. The van der Waals surface area contributed by atoms with Gasteiger partial charge in [-0.15, -0.1) is 11.3 Å². The first-order valence-corrected chi connectivity index (χ1v) is 7.58. The summed E-state index contributed by atoms with van der Waals surface area (Å²) in [6, 6.07) is 2.10. The lowest BCUT2D eigenvalue weighted by molar-refractivity contribution is -0.122. The molecular formula is C14H21NO2S. The first-order valence-electron chi connectivity index (χ1n) is 6.70. The average Bonchev–Trinajstić information content (AvgIpc) is 2.82. The molecule has 3 nitrogen and oxygen atoms in total. The van der Waals surface area contributed by atoms with E-state index in [0.29, 0.717) is 6.54 Å². The van der Waals surface area contributed by atoms with E-state index in [4.69, 9.17) is 5.11 Å². The summed E-state index contributed by atoms with van der Waals surface area (Å²) in [5.41, 5.74) is 1.24. The summed E-state index contributed by atoms with van der Waals surface area (Å²) in [7, 11) is 0. The van der Waals surface area contributed by atoms with E-state index < -0.39 is 0 Å². The molecule has 2 atom stereocenters.